The zero-order chi connectivity index (χ0) is 18.7. The summed E-state index contributed by atoms with van der Waals surface area (Å²) in [6, 6.07) is 13.5. The molecule has 138 valence electrons. The van der Waals surface area contributed by atoms with Crippen molar-refractivity contribution >= 4 is 5.91 Å². The van der Waals surface area contributed by atoms with Crippen molar-refractivity contribution in [2.45, 2.75) is 38.8 Å². The third-order valence-corrected chi connectivity index (χ3v) is 4.87. The second-order valence-corrected chi connectivity index (χ2v) is 6.99. The Bertz CT molecular complexity index is 773. The first-order chi connectivity index (χ1) is 12.4. The van der Waals surface area contributed by atoms with Crippen LogP contribution in [0.4, 0.5) is 0 Å². The van der Waals surface area contributed by atoms with Gasteiger partial charge in [-0.05, 0) is 49.9 Å². The van der Waals surface area contributed by atoms with Crippen molar-refractivity contribution in [2.24, 2.45) is 5.73 Å². The number of nitrogens with two attached hydrogens (primary N) is 1. The van der Waals surface area contributed by atoms with Crippen molar-refractivity contribution in [3.05, 3.63) is 59.2 Å². The minimum absolute atomic E-state index is 0.0342. The lowest BCUT2D eigenvalue weighted by molar-refractivity contribution is -0.133. The maximum absolute atomic E-state index is 12.7. The van der Waals surface area contributed by atoms with Crippen molar-refractivity contribution in [3.8, 4) is 11.5 Å². The summed E-state index contributed by atoms with van der Waals surface area (Å²) in [5.41, 5.74) is 9.54. The summed E-state index contributed by atoms with van der Waals surface area (Å²) in [5.74, 6) is 1.49. The van der Waals surface area contributed by atoms with Crippen molar-refractivity contribution in [1.82, 2.24) is 4.90 Å². The Morgan fingerprint density at radius 3 is 2.46 bits per heavy atom. The fourth-order valence-corrected chi connectivity index (χ4v) is 3.09. The molecule has 5 nitrogen and oxygen atoms in total. The van der Waals surface area contributed by atoms with Crippen LogP contribution in [0.5, 0.6) is 11.5 Å². The van der Waals surface area contributed by atoms with E-state index in [2.05, 4.69) is 0 Å². The van der Waals surface area contributed by atoms with Crippen LogP contribution in [0.15, 0.2) is 42.5 Å². The highest BCUT2D eigenvalue weighted by molar-refractivity contribution is 5.82. The first-order valence-corrected chi connectivity index (χ1v) is 8.90. The Labute approximate surface area is 154 Å². The number of carbonyl (C=O) groups excluding carboxylic acids is 1. The van der Waals surface area contributed by atoms with Crippen LogP contribution < -0.4 is 15.2 Å². The molecule has 0 aromatic heterocycles. The molecule has 0 saturated carbocycles. The quantitative estimate of drug-likeness (QED) is 0.866. The van der Waals surface area contributed by atoms with Gasteiger partial charge in [0.2, 0.25) is 12.7 Å². The van der Waals surface area contributed by atoms with Crippen molar-refractivity contribution < 1.29 is 14.3 Å². The minimum Gasteiger partial charge on any atom is -0.454 e. The number of aryl methyl sites for hydroxylation is 1. The molecule has 2 aromatic carbocycles. The summed E-state index contributed by atoms with van der Waals surface area (Å²) in [6.07, 6.45) is 1.27. The van der Waals surface area contributed by atoms with Gasteiger partial charge in [-0.2, -0.15) is 0 Å². The maximum Gasteiger partial charge on any atom is 0.239 e. The maximum atomic E-state index is 12.7. The third kappa shape index (κ3) is 4.17. The van der Waals surface area contributed by atoms with Gasteiger partial charge in [0.05, 0.1) is 6.04 Å². The van der Waals surface area contributed by atoms with E-state index in [0.29, 0.717) is 6.42 Å². The van der Waals surface area contributed by atoms with E-state index in [4.69, 9.17) is 15.2 Å². The zero-order valence-electron chi connectivity index (χ0n) is 15.6. The molecule has 2 aromatic rings. The van der Waals surface area contributed by atoms with Gasteiger partial charge in [-0.3, -0.25) is 4.79 Å². The van der Waals surface area contributed by atoms with Crippen LogP contribution in [-0.4, -0.2) is 36.7 Å². The van der Waals surface area contributed by atoms with E-state index in [9.17, 15) is 4.79 Å². The topological polar surface area (TPSA) is 64.8 Å². The summed E-state index contributed by atoms with van der Waals surface area (Å²) in [7, 11) is 1.81. The molecule has 1 amide bonds. The molecule has 5 heteroatoms. The number of likely N-dealkylation sites (N-methyl/N-ethyl adjacent to an activating group) is 1. The summed E-state index contributed by atoms with van der Waals surface area (Å²) in [5, 5.41) is 0. The largest absolute Gasteiger partial charge is 0.454 e. The van der Waals surface area contributed by atoms with Crippen LogP contribution in [0.25, 0.3) is 0 Å². The van der Waals surface area contributed by atoms with Gasteiger partial charge in [0.25, 0.3) is 0 Å². The monoisotopic (exact) mass is 354 g/mol. The number of fused-ring (bicyclic) bond motifs is 1. The van der Waals surface area contributed by atoms with Crippen LogP contribution >= 0.6 is 0 Å². The molecule has 3 rings (SSSR count). The highest BCUT2D eigenvalue weighted by atomic mass is 16.7. The van der Waals surface area contributed by atoms with Gasteiger partial charge < -0.3 is 20.1 Å². The third-order valence-electron chi connectivity index (χ3n) is 4.87. The Morgan fingerprint density at radius 1 is 1.08 bits per heavy atom. The first-order valence-electron chi connectivity index (χ1n) is 8.90. The molecule has 2 N–H and O–H groups in total. The van der Waals surface area contributed by atoms with E-state index in [1.807, 2.05) is 63.4 Å². The highest BCUT2D eigenvalue weighted by Gasteiger charge is 2.23. The van der Waals surface area contributed by atoms with Gasteiger partial charge >= 0.3 is 0 Å². The van der Waals surface area contributed by atoms with Gasteiger partial charge in [-0.1, -0.05) is 35.9 Å². The molecular weight excluding hydrogens is 328 g/mol. The van der Waals surface area contributed by atoms with E-state index >= 15 is 0 Å². The Balaban J connectivity index is 1.59. The lowest BCUT2D eigenvalue weighted by Gasteiger charge is -2.28. The molecule has 1 heterocycles. The molecule has 0 spiro atoms. The fraction of sp³-hybridized carbons (Fsp3) is 0.381. The van der Waals surface area contributed by atoms with Crippen LogP contribution in [0.2, 0.25) is 0 Å². The predicted molar refractivity (Wildman–Crippen MR) is 101 cm³/mol. The van der Waals surface area contributed by atoms with E-state index in [0.717, 1.165) is 29.0 Å². The number of nitrogens with zero attached hydrogens (tertiary/aromatic N) is 1. The summed E-state index contributed by atoms with van der Waals surface area (Å²) in [6.45, 7) is 4.34. The summed E-state index contributed by atoms with van der Waals surface area (Å²) >= 11 is 0. The van der Waals surface area contributed by atoms with Crippen molar-refractivity contribution in [3.63, 3.8) is 0 Å². The number of amides is 1. The molecule has 2 unspecified atom stereocenters. The average Bonchev–Trinajstić information content (AvgIpc) is 3.10. The summed E-state index contributed by atoms with van der Waals surface area (Å²) in [4.78, 5) is 14.4. The first kappa shape index (κ1) is 18.3. The van der Waals surface area contributed by atoms with Crippen LogP contribution in [-0.2, 0) is 17.6 Å². The van der Waals surface area contributed by atoms with E-state index in [-0.39, 0.29) is 18.7 Å². The number of benzene rings is 2. The Kier molecular flexibility index (Phi) is 5.47. The second-order valence-electron chi connectivity index (χ2n) is 6.99. The SMILES string of the molecule is Cc1ccc(CC(N)C(=O)N(C)C(C)Cc2ccc3c(c2)OCO3)cc1. The van der Waals surface area contributed by atoms with E-state index in [1.54, 1.807) is 4.90 Å². The van der Waals surface area contributed by atoms with Gasteiger partial charge in [-0.25, -0.2) is 0 Å². The molecular formula is C21H26N2O3. The average molecular weight is 354 g/mol. The minimum atomic E-state index is -0.540. The number of hydrogen-bond acceptors (Lipinski definition) is 4. The van der Waals surface area contributed by atoms with Crippen molar-refractivity contribution in [1.29, 1.82) is 0 Å². The number of ether oxygens (including phenoxy) is 2. The molecule has 0 saturated heterocycles. The molecule has 26 heavy (non-hydrogen) atoms. The standard InChI is InChI=1S/C21H26N2O3/c1-14-4-6-16(7-5-14)11-18(22)21(24)23(3)15(2)10-17-8-9-19-20(12-17)26-13-25-19/h4-9,12,15,18H,10-11,13,22H2,1-3H3. The molecule has 0 bridgehead atoms. The Morgan fingerprint density at radius 2 is 1.73 bits per heavy atom. The van der Waals surface area contributed by atoms with Gasteiger partial charge in [0.1, 0.15) is 0 Å². The van der Waals surface area contributed by atoms with Gasteiger partial charge in [0.15, 0.2) is 11.5 Å². The molecule has 0 fully saturated rings. The second kappa shape index (κ2) is 7.79. The number of carbonyl (C=O) groups is 1. The molecule has 0 aliphatic carbocycles. The van der Waals surface area contributed by atoms with Gasteiger partial charge in [-0.15, -0.1) is 0 Å². The fourth-order valence-electron chi connectivity index (χ4n) is 3.09. The Hall–Kier alpha value is -2.53. The normalized spacial score (nSPS) is 14.8. The molecule has 0 radical (unpaired) electrons. The lowest BCUT2D eigenvalue weighted by atomic mass is 10.0. The van der Waals surface area contributed by atoms with Crippen LogP contribution in [0.1, 0.15) is 23.6 Å². The van der Waals surface area contributed by atoms with Crippen LogP contribution in [0.3, 0.4) is 0 Å². The highest BCUT2D eigenvalue weighted by Crippen LogP contribution is 2.32. The smallest absolute Gasteiger partial charge is 0.239 e. The predicted octanol–water partition coefficient (Wildman–Crippen LogP) is 2.68. The van der Waals surface area contributed by atoms with Gasteiger partial charge in [0, 0.05) is 13.1 Å². The number of hydrogen-bond donors (Lipinski definition) is 1. The molecule has 1 aliphatic rings. The molecule has 2 atom stereocenters. The lowest BCUT2D eigenvalue weighted by Crippen LogP contribution is -2.47. The van der Waals surface area contributed by atoms with E-state index < -0.39 is 6.04 Å². The number of rotatable bonds is 6. The van der Waals surface area contributed by atoms with Crippen LogP contribution in [0, 0.1) is 6.92 Å². The molecule has 1 aliphatic heterocycles. The summed E-state index contributed by atoms with van der Waals surface area (Å²) < 4.78 is 10.8. The zero-order valence-corrected chi connectivity index (χ0v) is 15.6. The van der Waals surface area contributed by atoms with E-state index in [1.165, 1.54) is 5.56 Å². The van der Waals surface area contributed by atoms with Crippen molar-refractivity contribution in [2.75, 3.05) is 13.8 Å².